The monoisotopic (exact) mass is 478 g/mol. The van der Waals surface area contributed by atoms with Crippen molar-refractivity contribution in [2.24, 2.45) is 0 Å². The van der Waals surface area contributed by atoms with Crippen LogP contribution in [-0.4, -0.2) is 48.8 Å². The first-order valence-electron chi connectivity index (χ1n) is 11.7. The molecule has 8 nitrogen and oxygen atoms in total. The maximum absolute atomic E-state index is 13.3. The number of amides is 1. The molecule has 1 fully saturated rings. The molecular weight excluding hydrogens is 451 g/mol. The molecule has 3 aromatic rings. The van der Waals surface area contributed by atoms with E-state index >= 15 is 0 Å². The van der Waals surface area contributed by atoms with Crippen LogP contribution in [0.2, 0.25) is 0 Å². The van der Waals surface area contributed by atoms with Crippen LogP contribution in [0, 0.1) is 5.82 Å². The second-order valence-electron chi connectivity index (χ2n) is 8.55. The van der Waals surface area contributed by atoms with Gasteiger partial charge in [-0.05, 0) is 60.7 Å². The van der Waals surface area contributed by atoms with Gasteiger partial charge >= 0.3 is 0 Å². The fourth-order valence-corrected chi connectivity index (χ4v) is 4.31. The fraction of sp³-hybridized carbons (Fsp3) is 0.346. The van der Waals surface area contributed by atoms with E-state index in [1.807, 2.05) is 23.1 Å². The van der Waals surface area contributed by atoms with Crippen molar-refractivity contribution in [3.63, 3.8) is 0 Å². The van der Waals surface area contributed by atoms with Crippen LogP contribution in [-0.2, 0) is 17.8 Å². The summed E-state index contributed by atoms with van der Waals surface area (Å²) in [6, 6.07) is 11.9. The van der Waals surface area contributed by atoms with Crippen molar-refractivity contribution in [3.05, 3.63) is 71.2 Å². The van der Waals surface area contributed by atoms with Gasteiger partial charge in [-0.2, -0.15) is 4.98 Å². The molecule has 0 saturated carbocycles. The number of carbonyl (C=O) groups is 1. The first kappa shape index (κ1) is 23.0. The van der Waals surface area contributed by atoms with Crippen molar-refractivity contribution in [3.8, 4) is 11.6 Å². The lowest BCUT2D eigenvalue weighted by molar-refractivity contribution is 0.0853. The number of ether oxygens (including phenoxy) is 3. The summed E-state index contributed by atoms with van der Waals surface area (Å²) in [6.07, 6.45) is 4.25. The number of halogens is 1. The largest absolute Gasteiger partial charge is 0.497 e. The van der Waals surface area contributed by atoms with Gasteiger partial charge in [0.2, 0.25) is 11.8 Å². The van der Waals surface area contributed by atoms with Crippen molar-refractivity contribution in [2.45, 2.75) is 32.0 Å². The van der Waals surface area contributed by atoms with E-state index in [2.05, 4.69) is 15.3 Å². The molecule has 0 bridgehead atoms. The van der Waals surface area contributed by atoms with Crippen LogP contribution >= 0.6 is 0 Å². The van der Waals surface area contributed by atoms with E-state index in [0.29, 0.717) is 25.6 Å². The van der Waals surface area contributed by atoms with Crippen molar-refractivity contribution in [2.75, 3.05) is 31.7 Å². The van der Waals surface area contributed by atoms with Gasteiger partial charge in [0.15, 0.2) is 0 Å². The zero-order valence-corrected chi connectivity index (χ0v) is 19.5. The van der Waals surface area contributed by atoms with E-state index in [9.17, 15) is 9.18 Å². The summed E-state index contributed by atoms with van der Waals surface area (Å²) in [5.41, 5.74) is 3.13. The second kappa shape index (κ2) is 10.3. The Hall–Kier alpha value is -3.72. The molecule has 5 rings (SSSR count). The number of fused-ring (bicyclic) bond motifs is 1. The maximum atomic E-state index is 13.3. The molecule has 1 N–H and O–H groups in total. The quantitative estimate of drug-likeness (QED) is 0.527. The topological polar surface area (TPSA) is 85.8 Å². The van der Waals surface area contributed by atoms with Gasteiger partial charge in [0.1, 0.15) is 23.7 Å². The Morgan fingerprint density at radius 1 is 1.26 bits per heavy atom. The van der Waals surface area contributed by atoms with Gasteiger partial charge in [0.05, 0.1) is 13.2 Å². The third-order valence-electron chi connectivity index (χ3n) is 6.21. The number of hydrogen-bond acceptors (Lipinski definition) is 7. The predicted octanol–water partition coefficient (Wildman–Crippen LogP) is 3.81. The van der Waals surface area contributed by atoms with Gasteiger partial charge in [-0.15, -0.1) is 0 Å². The lowest BCUT2D eigenvalue weighted by atomic mass is 10.1. The molecule has 0 spiro atoms. The first-order valence-corrected chi connectivity index (χ1v) is 11.7. The molecule has 1 unspecified atom stereocenters. The molecule has 1 aromatic heterocycles. The molecule has 1 atom stereocenters. The molecule has 2 aliphatic rings. The average molecular weight is 479 g/mol. The van der Waals surface area contributed by atoms with Gasteiger partial charge in [-0.1, -0.05) is 12.1 Å². The average Bonchev–Trinajstić information content (AvgIpc) is 3.56. The van der Waals surface area contributed by atoms with E-state index in [1.54, 1.807) is 19.2 Å². The van der Waals surface area contributed by atoms with Crippen molar-refractivity contribution >= 4 is 17.5 Å². The highest BCUT2D eigenvalue weighted by molar-refractivity contribution is 5.96. The lowest BCUT2D eigenvalue weighted by Crippen LogP contribution is -2.32. The van der Waals surface area contributed by atoms with Crippen LogP contribution < -0.4 is 19.7 Å². The van der Waals surface area contributed by atoms with Crippen LogP contribution in [0.25, 0.3) is 0 Å². The van der Waals surface area contributed by atoms with E-state index < -0.39 is 0 Å². The molecule has 1 saturated heterocycles. The molecule has 1 amide bonds. The van der Waals surface area contributed by atoms with Crippen molar-refractivity contribution in [1.82, 2.24) is 15.3 Å². The third-order valence-corrected chi connectivity index (χ3v) is 6.21. The van der Waals surface area contributed by atoms with Crippen LogP contribution in [0.3, 0.4) is 0 Å². The van der Waals surface area contributed by atoms with Crippen LogP contribution in [0.5, 0.6) is 11.6 Å². The zero-order valence-electron chi connectivity index (χ0n) is 19.5. The number of hydrogen-bond donors (Lipinski definition) is 1. The Bertz CT molecular complexity index is 1200. The first-order chi connectivity index (χ1) is 17.1. The van der Waals surface area contributed by atoms with Gasteiger partial charge < -0.3 is 24.4 Å². The maximum Gasteiger partial charge on any atom is 0.258 e. The molecule has 0 aliphatic carbocycles. The van der Waals surface area contributed by atoms with E-state index in [-0.39, 0.29) is 35.9 Å². The zero-order chi connectivity index (χ0) is 24.2. The molecule has 2 aromatic carbocycles. The standard InChI is InChI=1S/C26H27FN4O4/c1-33-20-8-9-23-18(13-20)10-11-31(23)26-29-15-22(24(32)28-14-21-3-2-12-34-21)25(30-26)35-16-17-4-6-19(27)7-5-17/h4-9,13,15,21H,2-3,10-12,14,16H2,1H3,(H,28,32). The Morgan fingerprint density at radius 3 is 2.89 bits per heavy atom. The van der Waals surface area contributed by atoms with Crippen molar-refractivity contribution < 1.29 is 23.4 Å². The summed E-state index contributed by atoms with van der Waals surface area (Å²) in [5, 5.41) is 2.90. The fourth-order valence-electron chi connectivity index (χ4n) is 4.31. The predicted molar refractivity (Wildman–Crippen MR) is 128 cm³/mol. The molecule has 0 radical (unpaired) electrons. The molecule has 3 heterocycles. The van der Waals surface area contributed by atoms with Crippen molar-refractivity contribution in [1.29, 1.82) is 0 Å². The number of carbonyl (C=O) groups excluding carboxylic acids is 1. The highest BCUT2D eigenvalue weighted by Crippen LogP contribution is 2.35. The number of nitrogens with zero attached hydrogens (tertiary/aromatic N) is 3. The lowest BCUT2D eigenvalue weighted by Gasteiger charge is -2.19. The summed E-state index contributed by atoms with van der Waals surface area (Å²) in [6.45, 7) is 1.97. The third kappa shape index (κ3) is 5.19. The summed E-state index contributed by atoms with van der Waals surface area (Å²) in [5.74, 6) is 0.766. The smallest absolute Gasteiger partial charge is 0.258 e. The van der Waals surface area contributed by atoms with Gasteiger partial charge in [0.25, 0.3) is 5.91 Å². The van der Waals surface area contributed by atoms with Crippen LogP contribution in [0.4, 0.5) is 16.0 Å². The summed E-state index contributed by atoms with van der Waals surface area (Å²) < 4.78 is 30.2. The Kier molecular flexibility index (Phi) is 6.76. The SMILES string of the molecule is COc1ccc2c(c1)CCN2c1ncc(C(=O)NCC2CCCO2)c(OCc2ccc(F)cc2)n1. The highest BCUT2D eigenvalue weighted by Gasteiger charge is 2.26. The number of benzene rings is 2. The Labute approximate surface area is 203 Å². The highest BCUT2D eigenvalue weighted by atomic mass is 19.1. The number of rotatable bonds is 8. The van der Waals surface area contributed by atoms with Crippen LogP contribution in [0.1, 0.15) is 34.3 Å². The van der Waals surface area contributed by atoms with E-state index in [1.165, 1.54) is 18.3 Å². The minimum atomic E-state index is -0.326. The Balaban J connectivity index is 1.39. The molecule has 35 heavy (non-hydrogen) atoms. The van der Waals surface area contributed by atoms with E-state index in [0.717, 1.165) is 41.8 Å². The van der Waals surface area contributed by atoms with Gasteiger partial charge in [-0.25, -0.2) is 9.37 Å². The second-order valence-corrected chi connectivity index (χ2v) is 8.55. The molecule has 9 heteroatoms. The molecular formula is C26H27FN4O4. The number of aromatic nitrogens is 2. The minimum Gasteiger partial charge on any atom is -0.497 e. The summed E-state index contributed by atoms with van der Waals surface area (Å²) >= 11 is 0. The number of nitrogens with one attached hydrogen (secondary N) is 1. The normalized spacial score (nSPS) is 16.7. The Morgan fingerprint density at radius 2 is 2.11 bits per heavy atom. The van der Waals surface area contributed by atoms with Gasteiger partial charge in [-0.3, -0.25) is 4.79 Å². The number of methoxy groups -OCH3 is 1. The van der Waals surface area contributed by atoms with Gasteiger partial charge in [0, 0.05) is 31.6 Å². The summed E-state index contributed by atoms with van der Waals surface area (Å²) in [4.78, 5) is 24.1. The summed E-state index contributed by atoms with van der Waals surface area (Å²) in [7, 11) is 1.64. The van der Waals surface area contributed by atoms with E-state index in [4.69, 9.17) is 14.2 Å². The minimum absolute atomic E-state index is 0.0146. The molecule has 2 aliphatic heterocycles. The van der Waals surface area contributed by atoms with Crippen LogP contribution in [0.15, 0.2) is 48.7 Å². The molecule has 182 valence electrons. The number of anilines is 2.